The molecule has 1 fully saturated rings. The second kappa shape index (κ2) is 9.47. The highest BCUT2D eigenvalue weighted by molar-refractivity contribution is 7.89. The van der Waals surface area contributed by atoms with E-state index in [0.29, 0.717) is 26.1 Å². The smallest absolute Gasteiger partial charge is 0.224 e. The number of rotatable bonds is 9. The maximum Gasteiger partial charge on any atom is 0.224 e. The van der Waals surface area contributed by atoms with Gasteiger partial charge in [-0.2, -0.15) is 0 Å². The first kappa shape index (κ1) is 19.4. The van der Waals surface area contributed by atoms with Gasteiger partial charge in [-0.3, -0.25) is 4.79 Å². The Hall–Kier alpha value is -0.660. The van der Waals surface area contributed by atoms with E-state index in [1.54, 1.807) is 0 Å². The van der Waals surface area contributed by atoms with Crippen molar-refractivity contribution in [2.45, 2.75) is 40.0 Å². The van der Waals surface area contributed by atoms with Gasteiger partial charge in [0.1, 0.15) is 0 Å². The summed E-state index contributed by atoms with van der Waals surface area (Å²) >= 11 is 0. The van der Waals surface area contributed by atoms with Crippen LogP contribution >= 0.6 is 0 Å². The minimum atomic E-state index is -3.20. The Morgan fingerprint density at radius 2 is 1.95 bits per heavy atom. The van der Waals surface area contributed by atoms with Crippen LogP contribution in [0, 0.1) is 5.92 Å². The van der Waals surface area contributed by atoms with Crippen LogP contribution in [0.2, 0.25) is 0 Å². The monoisotopic (exact) mass is 333 g/mol. The number of nitrogens with zero attached hydrogens (tertiary/aromatic N) is 2. The van der Waals surface area contributed by atoms with Gasteiger partial charge in [0.2, 0.25) is 15.9 Å². The van der Waals surface area contributed by atoms with E-state index >= 15 is 0 Å². The predicted octanol–water partition coefficient (Wildman–Crippen LogP) is 0.896. The molecule has 6 nitrogen and oxygen atoms in total. The molecule has 0 unspecified atom stereocenters. The number of carbonyl (C=O) groups excluding carboxylic acids is 1. The Balaban J connectivity index is 2.46. The molecule has 1 heterocycles. The molecule has 1 rings (SSSR count). The van der Waals surface area contributed by atoms with E-state index in [9.17, 15) is 13.2 Å². The van der Waals surface area contributed by atoms with E-state index in [4.69, 9.17) is 0 Å². The third-order valence-corrected chi connectivity index (χ3v) is 6.27. The van der Waals surface area contributed by atoms with Crippen molar-refractivity contribution >= 4 is 15.9 Å². The number of amides is 1. The zero-order chi connectivity index (χ0) is 16.6. The summed E-state index contributed by atoms with van der Waals surface area (Å²) in [5, 5.41) is 2.95. The number of carbonyl (C=O) groups is 1. The largest absolute Gasteiger partial charge is 0.355 e. The molecule has 0 aromatic carbocycles. The minimum Gasteiger partial charge on any atom is -0.355 e. The molecule has 7 heteroatoms. The Bertz CT molecular complexity index is 435. The van der Waals surface area contributed by atoms with Crippen molar-refractivity contribution in [1.29, 1.82) is 0 Å². The number of piperidine rings is 1. The quantitative estimate of drug-likeness (QED) is 0.680. The van der Waals surface area contributed by atoms with Crippen LogP contribution in [0.5, 0.6) is 0 Å². The molecular weight excluding hydrogens is 302 g/mol. The predicted molar refractivity (Wildman–Crippen MR) is 89.2 cm³/mol. The average molecular weight is 333 g/mol. The van der Waals surface area contributed by atoms with Gasteiger partial charge in [-0.25, -0.2) is 12.7 Å². The molecule has 0 saturated carbocycles. The third kappa shape index (κ3) is 5.85. The molecule has 1 aliphatic rings. The summed E-state index contributed by atoms with van der Waals surface area (Å²) in [5.41, 5.74) is 0. The van der Waals surface area contributed by atoms with Crippen molar-refractivity contribution in [2.24, 2.45) is 5.92 Å². The van der Waals surface area contributed by atoms with Crippen LogP contribution in [0.1, 0.15) is 40.0 Å². The zero-order valence-corrected chi connectivity index (χ0v) is 15.0. The highest BCUT2D eigenvalue weighted by Gasteiger charge is 2.31. The Morgan fingerprint density at radius 3 is 2.55 bits per heavy atom. The summed E-state index contributed by atoms with van der Waals surface area (Å²) in [4.78, 5) is 14.5. The number of hydrogen-bond donors (Lipinski definition) is 1. The van der Waals surface area contributed by atoms with Crippen LogP contribution in [0.25, 0.3) is 0 Å². The number of likely N-dealkylation sites (N-methyl/N-ethyl adjacent to an activating group) is 1. The average Bonchev–Trinajstić information content (AvgIpc) is 2.51. The van der Waals surface area contributed by atoms with Gasteiger partial charge < -0.3 is 10.2 Å². The lowest BCUT2D eigenvalue weighted by atomic mass is 9.99. The molecule has 1 saturated heterocycles. The molecule has 0 radical (unpaired) electrons. The van der Waals surface area contributed by atoms with Crippen molar-refractivity contribution in [3.63, 3.8) is 0 Å². The first-order valence-electron chi connectivity index (χ1n) is 8.42. The maximum absolute atomic E-state index is 12.2. The Morgan fingerprint density at radius 1 is 1.27 bits per heavy atom. The number of nitrogens with one attached hydrogen (secondary N) is 1. The summed E-state index contributed by atoms with van der Waals surface area (Å²) in [5.74, 6) is -0.0517. The van der Waals surface area contributed by atoms with Crippen molar-refractivity contribution in [1.82, 2.24) is 14.5 Å². The maximum atomic E-state index is 12.2. The van der Waals surface area contributed by atoms with Crippen molar-refractivity contribution < 1.29 is 13.2 Å². The summed E-state index contributed by atoms with van der Waals surface area (Å²) in [6.45, 7) is 10.3. The normalized spacial score (nSPS) is 20.3. The molecule has 0 aromatic heterocycles. The lowest BCUT2D eigenvalue weighted by Crippen LogP contribution is -2.47. The SMILES string of the molecule is CCCS(=O)(=O)N1CCC[C@@H](C(=O)NCCN(CC)CC)C1. The fraction of sp³-hybridized carbons (Fsp3) is 0.933. The highest BCUT2D eigenvalue weighted by Crippen LogP contribution is 2.20. The van der Waals surface area contributed by atoms with Gasteiger partial charge in [0.25, 0.3) is 0 Å². The molecule has 1 N–H and O–H groups in total. The first-order valence-corrected chi connectivity index (χ1v) is 10.0. The van der Waals surface area contributed by atoms with Gasteiger partial charge in [-0.1, -0.05) is 20.8 Å². The molecular formula is C15H31N3O3S. The van der Waals surface area contributed by atoms with Crippen LogP contribution in [-0.4, -0.2) is 68.6 Å². The van der Waals surface area contributed by atoms with E-state index in [0.717, 1.165) is 32.5 Å². The van der Waals surface area contributed by atoms with Crippen molar-refractivity contribution in [3.05, 3.63) is 0 Å². The van der Waals surface area contributed by atoms with E-state index in [2.05, 4.69) is 24.1 Å². The molecule has 0 aromatic rings. The molecule has 1 atom stereocenters. The molecule has 0 aliphatic carbocycles. The second-order valence-corrected chi connectivity index (χ2v) is 7.92. The second-order valence-electron chi connectivity index (χ2n) is 5.83. The van der Waals surface area contributed by atoms with Gasteiger partial charge in [0.05, 0.1) is 11.7 Å². The molecule has 1 amide bonds. The first-order chi connectivity index (χ1) is 10.4. The van der Waals surface area contributed by atoms with E-state index in [1.165, 1.54) is 4.31 Å². The molecule has 0 bridgehead atoms. The van der Waals surface area contributed by atoms with E-state index in [1.807, 2.05) is 6.92 Å². The van der Waals surface area contributed by atoms with Crippen molar-refractivity contribution in [3.8, 4) is 0 Å². The van der Waals surface area contributed by atoms with E-state index in [-0.39, 0.29) is 17.6 Å². The van der Waals surface area contributed by atoms with Crippen molar-refractivity contribution in [2.75, 3.05) is 45.0 Å². The van der Waals surface area contributed by atoms with Crippen LogP contribution in [0.4, 0.5) is 0 Å². The van der Waals surface area contributed by atoms with Crippen LogP contribution in [0.3, 0.4) is 0 Å². The lowest BCUT2D eigenvalue weighted by Gasteiger charge is -2.31. The molecule has 0 spiro atoms. The summed E-state index contributed by atoms with van der Waals surface area (Å²) in [7, 11) is -3.20. The summed E-state index contributed by atoms with van der Waals surface area (Å²) in [6, 6.07) is 0. The molecule has 130 valence electrons. The highest BCUT2D eigenvalue weighted by atomic mass is 32.2. The van der Waals surface area contributed by atoms with Gasteiger partial charge in [0, 0.05) is 26.2 Å². The van der Waals surface area contributed by atoms with Gasteiger partial charge >= 0.3 is 0 Å². The van der Waals surface area contributed by atoms with Crippen LogP contribution in [-0.2, 0) is 14.8 Å². The number of hydrogen-bond acceptors (Lipinski definition) is 4. The Kier molecular flexibility index (Phi) is 8.35. The lowest BCUT2D eigenvalue weighted by molar-refractivity contribution is -0.126. The number of sulfonamides is 1. The fourth-order valence-corrected chi connectivity index (χ4v) is 4.41. The Labute approximate surface area is 135 Å². The van der Waals surface area contributed by atoms with E-state index < -0.39 is 10.0 Å². The topological polar surface area (TPSA) is 69.7 Å². The van der Waals surface area contributed by atoms with Gasteiger partial charge in [-0.15, -0.1) is 0 Å². The standard InChI is InChI=1S/C15H31N3O3S/c1-4-12-22(20,21)18-10-7-8-14(13-18)15(19)16-9-11-17(5-2)6-3/h14H,4-13H2,1-3H3,(H,16,19)/t14-/m1/s1. The zero-order valence-electron chi connectivity index (χ0n) is 14.2. The fourth-order valence-electron chi connectivity index (χ4n) is 2.82. The van der Waals surface area contributed by atoms with Gasteiger partial charge in [-0.05, 0) is 32.4 Å². The summed E-state index contributed by atoms with van der Waals surface area (Å²) in [6.07, 6.45) is 2.14. The minimum absolute atomic E-state index is 0.0106. The summed E-state index contributed by atoms with van der Waals surface area (Å²) < 4.78 is 25.7. The molecule has 1 aliphatic heterocycles. The van der Waals surface area contributed by atoms with Crippen LogP contribution < -0.4 is 5.32 Å². The molecule has 22 heavy (non-hydrogen) atoms. The van der Waals surface area contributed by atoms with Gasteiger partial charge in [0.15, 0.2) is 0 Å². The van der Waals surface area contributed by atoms with Crippen LogP contribution in [0.15, 0.2) is 0 Å². The third-order valence-electron chi connectivity index (χ3n) is 4.23.